The molecule has 1 aromatic carbocycles. The molecule has 1 fully saturated rings. The summed E-state index contributed by atoms with van der Waals surface area (Å²) in [5.74, 6) is 0.352. The maximum Gasteiger partial charge on any atom is 0.255 e. The van der Waals surface area contributed by atoms with Gasteiger partial charge >= 0.3 is 0 Å². The summed E-state index contributed by atoms with van der Waals surface area (Å²) < 4.78 is 13.5. The number of nitrogens with zero attached hydrogens (tertiary/aromatic N) is 3. The van der Waals surface area contributed by atoms with Crippen LogP contribution in [-0.4, -0.2) is 51.9 Å². The number of fused-ring (bicyclic) bond motifs is 1. The Bertz CT molecular complexity index is 1230. The van der Waals surface area contributed by atoms with E-state index in [-0.39, 0.29) is 11.7 Å². The molecule has 3 aromatic heterocycles. The first-order chi connectivity index (χ1) is 15.2. The summed E-state index contributed by atoms with van der Waals surface area (Å²) in [6.45, 7) is 3.04. The van der Waals surface area contributed by atoms with E-state index in [1.807, 2.05) is 17.0 Å². The Kier molecular flexibility index (Phi) is 5.05. The minimum atomic E-state index is -0.267. The number of anilines is 2. The second kappa shape index (κ2) is 8.16. The van der Waals surface area contributed by atoms with Crippen molar-refractivity contribution in [3.8, 4) is 11.3 Å². The number of amides is 1. The molecule has 7 nitrogen and oxygen atoms in total. The van der Waals surface area contributed by atoms with Crippen molar-refractivity contribution in [1.29, 1.82) is 0 Å². The fourth-order valence-corrected chi connectivity index (χ4v) is 3.71. The van der Waals surface area contributed by atoms with Crippen molar-refractivity contribution in [3.63, 3.8) is 0 Å². The molecule has 0 spiro atoms. The Balaban J connectivity index is 1.32. The molecule has 1 aliphatic heterocycles. The number of benzene rings is 1. The van der Waals surface area contributed by atoms with Gasteiger partial charge in [-0.3, -0.25) is 9.78 Å². The molecular formula is C23H21FN6O. The second-order valence-corrected chi connectivity index (χ2v) is 7.48. The van der Waals surface area contributed by atoms with Crippen molar-refractivity contribution in [1.82, 2.24) is 25.2 Å². The van der Waals surface area contributed by atoms with Gasteiger partial charge in [0.1, 0.15) is 11.6 Å². The van der Waals surface area contributed by atoms with Gasteiger partial charge in [-0.25, -0.2) is 9.37 Å². The summed E-state index contributed by atoms with van der Waals surface area (Å²) >= 11 is 0. The Labute approximate surface area is 178 Å². The molecule has 31 heavy (non-hydrogen) atoms. The minimum Gasteiger partial charge on any atom is -0.354 e. The van der Waals surface area contributed by atoms with Gasteiger partial charge in [0.05, 0.1) is 17.4 Å². The van der Waals surface area contributed by atoms with Crippen LogP contribution in [-0.2, 0) is 0 Å². The lowest BCUT2D eigenvalue weighted by Crippen LogP contribution is -2.46. The third-order valence-corrected chi connectivity index (χ3v) is 5.32. The van der Waals surface area contributed by atoms with Crippen LogP contribution in [0.2, 0.25) is 0 Å². The molecule has 4 aromatic rings. The molecule has 0 atom stereocenters. The first-order valence-electron chi connectivity index (χ1n) is 10.1. The predicted octanol–water partition coefficient (Wildman–Crippen LogP) is 3.55. The zero-order chi connectivity index (χ0) is 21.2. The highest BCUT2D eigenvalue weighted by Crippen LogP contribution is 2.26. The molecule has 4 heterocycles. The SMILES string of the molecule is O=C(c1ccc(Nc2cncc(-c3cc4cc(F)ccc4[nH]3)c2)nc1)N1CCNCC1. The van der Waals surface area contributed by atoms with E-state index < -0.39 is 0 Å². The van der Waals surface area contributed by atoms with Crippen molar-refractivity contribution >= 4 is 28.3 Å². The smallest absolute Gasteiger partial charge is 0.255 e. The van der Waals surface area contributed by atoms with Crippen LogP contribution >= 0.6 is 0 Å². The van der Waals surface area contributed by atoms with Crippen LogP contribution in [0.1, 0.15) is 10.4 Å². The Morgan fingerprint density at radius 2 is 1.90 bits per heavy atom. The second-order valence-electron chi connectivity index (χ2n) is 7.48. The van der Waals surface area contributed by atoms with Gasteiger partial charge in [-0.2, -0.15) is 0 Å². The van der Waals surface area contributed by atoms with Crippen molar-refractivity contribution in [2.75, 3.05) is 31.5 Å². The molecular weight excluding hydrogens is 395 g/mol. The fourth-order valence-electron chi connectivity index (χ4n) is 3.71. The number of carbonyl (C=O) groups excluding carboxylic acids is 1. The van der Waals surface area contributed by atoms with Crippen LogP contribution in [0.3, 0.4) is 0 Å². The van der Waals surface area contributed by atoms with Gasteiger partial charge < -0.3 is 20.5 Å². The van der Waals surface area contributed by atoms with E-state index in [2.05, 4.69) is 25.6 Å². The lowest BCUT2D eigenvalue weighted by Gasteiger charge is -2.27. The van der Waals surface area contributed by atoms with E-state index in [1.165, 1.54) is 12.1 Å². The Hall–Kier alpha value is -3.78. The summed E-state index contributed by atoms with van der Waals surface area (Å²) in [5, 5.41) is 7.26. The summed E-state index contributed by atoms with van der Waals surface area (Å²) in [6, 6.07) is 12.1. The highest BCUT2D eigenvalue weighted by atomic mass is 19.1. The number of carbonyl (C=O) groups is 1. The summed E-state index contributed by atoms with van der Waals surface area (Å²) in [5.41, 5.74) is 3.91. The number of rotatable bonds is 4. The summed E-state index contributed by atoms with van der Waals surface area (Å²) in [6.07, 6.45) is 5.04. The van der Waals surface area contributed by atoms with Crippen LogP contribution in [0.5, 0.6) is 0 Å². The highest BCUT2D eigenvalue weighted by molar-refractivity contribution is 5.94. The third-order valence-electron chi connectivity index (χ3n) is 5.32. The van der Waals surface area contributed by atoms with Gasteiger partial charge in [0.15, 0.2) is 0 Å². The first kappa shape index (κ1) is 19.2. The average molecular weight is 416 g/mol. The maximum absolute atomic E-state index is 13.5. The minimum absolute atomic E-state index is 0.000498. The monoisotopic (exact) mass is 416 g/mol. The first-order valence-corrected chi connectivity index (χ1v) is 10.1. The number of nitrogens with one attached hydrogen (secondary N) is 3. The number of pyridine rings is 2. The van der Waals surface area contributed by atoms with E-state index in [9.17, 15) is 9.18 Å². The molecule has 3 N–H and O–H groups in total. The van der Waals surface area contributed by atoms with Gasteiger partial charge in [0.2, 0.25) is 0 Å². The molecule has 1 amide bonds. The topological polar surface area (TPSA) is 85.9 Å². The van der Waals surface area contributed by atoms with Crippen LogP contribution < -0.4 is 10.6 Å². The third kappa shape index (κ3) is 4.10. The van der Waals surface area contributed by atoms with E-state index in [0.29, 0.717) is 24.5 Å². The lowest BCUT2D eigenvalue weighted by molar-refractivity contribution is 0.0735. The largest absolute Gasteiger partial charge is 0.354 e. The van der Waals surface area contributed by atoms with Crippen LogP contribution in [0.15, 0.2) is 61.1 Å². The van der Waals surface area contributed by atoms with Crippen molar-refractivity contribution in [2.24, 2.45) is 0 Å². The molecule has 0 bridgehead atoms. The molecule has 0 aliphatic carbocycles. The van der Waals surface area contributed by atoms with Gasteiger partial charge in [0, 0.05) is 60.7 Å². The van der Waals surface area contributed by atoms with Crippen molar-refractivity contribution in [2.45, 2.75) is 0 Å². The number of H-pyrrole nitrogens is 1. The highest BCUT2D eigenvalue weighted by Gasteiger charge is 2.18. The quantitative estimate of drug-likeness (QED) is 0.474. The number of halogens is 1. The van der Waals surface area contributed by atoms with Gasteiger partial charge in [0.25, 0.3) is 5.91 Å². The van der Waals surface area contributed by atoms with E-state index in [1.54, 1.807) is 36.8 Å². The number of hydrogen-bond acceptors (Lipinski definition) is 5. The van der Waals surface area contributed by atoms with Crippen LogP contribution in [0.4, 0.5) is 15.9 Å². The molecule has 1 aliphatic rings. The van der Waals surface area contributed by atoms with Gasteiger partial charge in [-0.05, 0) is 42.5 Å². The fraction of sp³-hybridized carbons (Fsp3) is 0.174. The van der Waals surface area contributed by atoms with Gasteiger partial charge in [-0.1, -0.05) is 0 Å². The van der Waals surface area contributed by atoms with Crippen LogP contribution in [0.25, 0.3) is 22.2 Å². The van der Waals surface area contributed by atoms with E-state index >= 15 is 0 Å². The molecule has 0 saturated carbocycles. The molecule has 156 valence electrons. The normalized spacial score (nSPS) is 14.0. The number of aromatic nitrogens is 3. The zero-order valence-electron chi connectivity index (χ0n) is 16.7. The van der Waals surface area contributed by atoms with E-state index in [4.69, 9.17) is 0 Å². The number of hydrogen-bond donors (Lipinski definition) is 3. The Morgan fingerprint density at radius 3 is 2.71 bits per heavy atom. The molecule has 0 unspecified atom stereocenters. The number of piperazine rings is 1. The van der Waals surface area contributed by atoms with Crippen molar-refractivity contribution in [3.05, 3.63) is 72.4 Å². The molecule has 8 heteroatoms. The average Bonchev–Trinajstić information content (AvgIpc) is 3.23. The van der Waals surface area contributed by atoms with Crippen molar-refractivity contribution < 1.29 is 9.18 Å². The van der Waals surface area contributed by atoms with Crippen LogP contribution in [0, 0.1) is 5.82 Å². The molecule has 5 rings (SSSR count). The summed E-state index contributed by atoms with van der Waals surface area (Å²) in [7, 11) is 0. The van der Waals surface area contributed by atoms with Gasteiger partial charge in [-0.15, -0.1) is 0 Å². The molecule has 0 radical (unpaired) electrons. The maximum atomic E-state index is 13.5. The molecule has 1 saturated heterocycles. The Morgan fingerprint density at radius 1 is 1.03 bits per heavy atom. The standard InChI is InChI=1S/C23H21FN6O/c24-18-2-3-20-16(9-18)11-21(29-20)17-10-19(14-26-12-17)28-22-4-1-15(13-27-22)23(31)30-7-5-25-6-8-30/h1-4,9-14,25,29H,5-8H2,(H,27,28). The summed E-state index contributed by atoms with van der Waals surface area (Å²) in [4.78, 5) is 26.4. The lowest BCUT2D eigenvalue weighted by atomic mass is 10.2. The predicted molar refractivity (Wildman–Crippen MR) is 118 cm³/mol. The number of aromatic amines is 1. The zero-order valence-corrected chi connectivity index (χ0v) is 16.7. The van der Waals surface area contributed by atoms with E-state index in [0.717, 1.165) is 40.9 Å².